The van der Waals surface area contributed by atoms with Gasteiger partial charge in [0.05, 0.1) is 19.3 Å². The molecule has 1 saturated carbocycles. The van der Waals surface area contributed by atoms with Crippen LogP contribution in [-0.2, 0) is 4.74 Å². The van der Waals surface area contributed by atoms with Crippen molar-refractivity contribution in [1.29, 1.82) is 0 Å². The molecular formula is C9H16F3NO. The summed E-state index contributed by atoms with van der Waals surface area (Å²) in [4.78, 5) is 0. The lowest BCUT2D eigenvalue weighted by molar-refractivity contribution is -0.125. The van der Waals surface area contributed by atoms with E-state index in [4.69, 9.17) is 4.74 Å². The molecule has 1 aliphatic carbocycles. The Kier molecular flexibility index (Phi) is 4.68. The number of hydrogen-bond donors (Lipinski definition) is 1. The Morgan fingerprint density at radius 1 is 1.21 bits per heavy atom. The molecule has 0 aliphatic heterocycles. The lowest BCUT2D eigenvalue weighted by Gasteiger charge is -2.12. The number of halogens is 3. The van der Waals surface area contributed by atoms with Crippen LogP contribution in [0.4, 0.5) is 13.2 Å². The van der Waals surface area contributed by atoms with Gasteiger partial charge in [0.15, 0.2) is 0 Å². The molecule has 1 aliphatic rings. The molecule has 84 valence electrons. The van der Waals surface area contributed by atoms with E-state index in [9.17, 15) is 13.2 Å². The molecule has 0 aromatic carbocycles. The molecule has 0 aromatic heterocycles. The van der Waals surface area contributed by atoms with Gasteiger partial charge in [-0.1, -0.05) is 12.8 Å². The van der Waals surface area contributed by atoms with Crippen molar-refractivity contribution in [2.24, 2.45) is 0 Å². The molecule has 1 N–H and O–H groups in total. The SMILES string of the molecule is FC(F)(F)CNCCOC1CCCC1. The number of hydrogen-bond acceptors (Lipinski definition) is 2. The van der Waals surface area contributed by atoms with E-state index in [0.717, 1.165) is 12.8 Å². The van der Waals surface area contributed by atoms with Gasteiger partial charge in [-0.2, -0.15) is 13.2 Å². The molecule has 0 spiro atoms. The summed E-state index contributed by atoms with van der Waals surface area (Å²) in [5, 5.41) is 2.30. The fraction of sp³-hybridized carbons (Fsp3) is 1.00. The Morgan fingerprint density at radius 3 is 2.43 bits per heavy atom. The summed E-state index contributed by atoms with van der Waals surface area (Å²) in [6.45, 7) is -0.280. The Morgan fingerprint density at radius 2 is 1.86 bits per heavy atom. The van der Waals surface area contributed by atoms with Gasteiger partial charge in [0.1, 0.15) is 0 Å². The van der Waals surface area contributed by atoms with E-state index >= 15 is 0 Å². The molecule has 0 aromatic rings. The number of nitrogens with one attached hydrogen (secondary N) is 1. The highest BCUT2D eigenvalue weighted by Gasteiger charge is 2.26. The Bertz CT molecular complexity index is 155. The number of rotatable bonds is 5. The molecule has 0 bridgehead atoms. The van der Waals surface area contributed by atoms with Crippen LogP contribution in [0.3, 0.4) is 0 Å². The highest BCUT2D eigenvalue weighted by molar-refractivity contribution is 4.66. The number of alkyl halides is 3. The first kappa shape index (κ1) is 11.8. The maximum Gasteiger partial charge on any atom is 0.401 e. The molecule has 5 heteroatoms. The molecule has 1 rings (SSSR count). The summed E-state index contributed by atoms with van der Waals surface area (Å²) in [5.74, 6) is 0. The molecule has 0 radical (unpaired) electrons. The Hall–Kier alpha value is -0.290. The third-order valence-corrected chi connectivity index (χ3v) is 2.26. The van der Waals surface area contributed by atoms with Gasteiger partial charge < -0.3 is 10.1 Å². The van der Waals surface area contributed by atoms with E-state index in [1.807, 2.05) is 0 Å². The maximum absolute atomic E-state index is 11.7. The maximum atomic E-state index is 11.7. The monoisotopic (exact) mass is 211 g/mol. The molecule has 0 atom stereocenters. The summed E-state index contributed by atoms with van der Waals surface area (Å²) in [6.07, 6.45) is 0.635. The Labute approximate surface area is 81.8 Å². The van der Waals surface area contributed by atoms with Crippen molar-refractivity contribution in [1.82, 2.24) is 5.32 Å². The van der Waals surface area contributed by atoms with Gasteiger partial charge in [-0.25, -0.2) is 0 Å². The predicted octanol–water partition coefficient (Wildman–Crippen LogP) is 2.10. The molecule has 1 fully saturated rings. The van der Waals surface area contributed by atoms with Gasteiger partial charge in [0, 0.05) is 6.54 Å². The normalized spacial score (nSPS) is 19.1. The first-order chi connectivity index (χ1) is 6.58. The predicted molar refractivity (Wildman–Crippen MR) is 47.1 cm³/mol. The quantitative estimate of drug-likeness (QED) is 0.703. The van der Waals surface area contributed by atoms with Crippen molar-refractivity contribution in [3.8, 4) is 0 Å². The van der Waals surface area contributed by atoms with Crippen LogP contribution in [0.2, 0.25) is 0 Å². The number of ether oxygens (including phenoxy) is 1. The van der Waals surface area contributed by atoms with Crippen molar-refractivity contribution in [3.05, 3.63) is 0 Å². The summed E-state index contributed by atoms with van der Waals surface area (Å²) in [7, 11) is 0. The second kappa shape index (κ2) is 5.56. The highest BCUT2D eigenvalue weighted by atomic mass is 19.4. The van der Waals surface area contributed by atoms with Crippen LogP contribution in [0.25, 0.3) is 0 Å². The lowest BCUT2D eigenvalue weighted by atomic mass is 10.3. The summed E-state index contributed by atoms with van der Waals surface area (Å²) >= 11 is 0. The Balaban J connectivity index is 1.89. The van der Waals surface area contributed by atoms with Crippen LogP contribution in [-0.4, -0.2) is 32.0 Å². The fourth-order valence-corrected chi connectivity index (χ4v) is 1.58. The summed E-state index contributed by atoms with van der Waals surface area (Å²) in [6, 6.07) is 0. The highest BCUT2D eigenvalue weighted by Crippen LogP contribution is 2.20. The van der Waals surface area contributed by atoms with Crippen molar-refractivity contribution in [3.63, 3.8) is 0 Å². The van der Waals surface area contributed by atoms with Crippen LogP contribution >= 0.6 is 0 Å². The average molecular weight is 211 g/mol. The van der Waals surface area contributed by atoms with Crippen LogP contribution in [0.1, 0.15) is 25.7 Å². The van der Waals surface area contributed by atoms with Gasteiger partial charge >= 0.3 is 6.18 Å². The van der Waals surface area contributed by atoms with Crippen LogP contribution in [0.5, 0.6) is 0 Å². The molecule has 0 amide bonds. The van der Waals surface area contributed by atoms with Crippen LogP contribution < -0.4 is 5.32 Å². The minimum Gasteiger partial charge on any atom is -0.377 e. The van der Waals surface area contributed by atoms with Crippen molar-refractivity contribution in [2.45, 2.75) is 38.0 Å². The molecule has 0 unspecified atom stereocenters. The second-order valence-corrected chi connectivity index (χ2v) is 3.57. The van der Waals surface area contributed by atoms with Gasteiger partial charge in [-0.15, -0.1) is 0 Å². The first-order valence-corrected chi connectivity index (χ1v) is 4.97. The van der Waals surface area contributed by atoms with E-state index in [1.54, 1.807) is 0 Å². The third-order valence-electron chi connectivity index (χ3n) is 2.26. The largest absolute Gasteiger partial charge is 0.401 e. The van der Waals surface area contributed by atoms with E-state index in [0.29, 0.717) is 6.61 Å². The fourth-order valence-electron chi connectivity index (χ4n) is 1.58. The molecule has 14 heavy (non-hydrogen) atoms. The van der Waals surface area contributed by atoms with Crippen molar-refractivity contribution in [2.75, 3.05) is 19.7 Å². The lowest BCUT2D eigenvalue weighted by Crippen LogP contribution is -2.31. The molecule has 0 heterocycles. The topological polar surface area (TPSA) is 21.3 Å². The molecule has 0 saturated heterocycles. The molecular weight excluding hydrogens is 195 g/mol. The van der Waals surface area contributed by atoms with E-state index in [1.165, 1.54) is 12.8 Å². The third kappa shape index (κ3) is 5.44. The van der Waals surface area contributed by atoms with E-state index < -0.39 is 12.7 Å². The molecule has 2 nitrogen and oxygen atoms in total. The van der Waals surface area contributed by atoms with E-state index in [-0.39, 0.29) is 12.6 Å². The second-order valence-electron chi connectivity index (χ2n) is 3.57. The zero-order chi connectivity index (χ0) is 10.4. The summed E-state index contributed by atoms with van der Waals surface area (Å²) < 4.78 is 40.4. The van der Waals surface area contributed by atoms with Gasteiger partial charge in [-0.05, 0) is 12.8 Å². The first-order valence-electron chi connectivity index (χ1n) is 4.97. The minimum absolute atomic E-state index is 0.274. The summed E-state index contributed by atoms with van der Waals surface area (Å²) in [5.41, 5.74) is 0. The van der Waals surface area contributed by atoms with E-state index in [2.05, 4.69) is 5.32 Å². The standard InChI is InChI=1S/C9H16F3NO/c10-9(11,12)7-13-5-6-14-8-3-1-2-4-8/h8,13H,1-7H2. The van der Waals surface area contributed by atoms with Crippen LogP contribution in [0.15, 0.2) is 0 Å². The van der Waals surface area contributed by atoms with Crippen molar-refractivity contribution < 1.29 is 17.9 Å². The van der Waals surface area contributed by atoms with Gasteiger partial charge in [0.2, 0.25) is 0 Å². The van der Waals surface area contributed by atoms with Gasteiger partial charge in [0.25, 0.3) is 0 Å². The average Bonchev–Trinajstić information content (AvgIpc) is 2.54. The van der Waals surface area contributed by atoms with Crippen molar-refractivity contribution >= 4 is 0 Å². The minimum atomic E-state index is -4.12. The zero-order valence-electron chi connectivity index (χ0n) is 8.07. The zero-order valence-corrected chi connectivity index (χ0v) is 8.07. The smallest absolute Gasteiger partial charge is 0.377 e. The van der Waals surface area contributed by atoms with Gasteiger partial charge in [-0.3, -0.25) is 0 Å². The van der Waals surface area contributed by atoms with Crippen LogP contribution in [0, 0.1) is 0 Å².